The lowest BCUT2D eigenvalue weighted by atomic mass is 9.74. The summed E-state index contributed by atoms with van der Waals surface area (Å²) >= 11 is 0. The van der Waals surface area contributed by atoms with E-state index in [1.807, 2.05) is 48.5 Å². The number of rotatable bonds is 7. The Balaban J connectivity index is 0.00000289. The molecule has 1 aliphatic carbocycles. The van der Waals surface area contributed by atoms with Gasteiger partial charge in [-0.05, 0) is 24.0 Å². The van der Waals surface area contributed by atoms with Crippen molar-refractivity contribution < 1.29 is 35.8 Å². The van der Waals surface area contributed by atoms with E-state index in [0.29, 0.717) is 24.7 Å². The van der Waals surface area contributed by atoms with Crippen LogP contribution < -0.4 is 17.0 Å². The minimum atomic E-state index is -0.516. The van der Waals surface area contributed by atoms with E-state index in [1.54, 1.807) is 0 Å². The second kappa shape index (κ2) is 11.4. The van der Waals surface area contributed by atoms with E-state index in [0.717, 1.165) is 73.8 Å². The lowest BCUT2D eigenvalue weighted by Gasteiger charge is -2.52. The van der Waals surface area contributed by atoms with E-state index in [2.05, 4.69) is 12.1 Å². The van der Waals surface area contributed by atoms with Gasteiger partial charge in [-0.1, -0.05) is 86.3 Å². The molecule has 3 heterocycles. The molecule has 2 aromatic carbocycles. The van der Waals surface area contributed by atoms with Crippen LogP contribution in [0.15, 0.2) is 60.7 Å². The number of quaternary nitrogens is 1. The summed E-state index contributed by atoms with van der Waals surface area (Å²) in [5.74, 6) is 0.709. The lowest BCUT2D eigenvalue weighted by Crippen LogP contribution is -3.00. The summed E-state index contributed by atoms with van der Waals surface area (Å²) in [7, 11) is 0. The Hall–Kier alpha value is -1.98. The van der Waals surface area contributed by atoms with Crippen LogP contribution in [0.5, 0.6) is 0 Å². The second-order valence-corrected chi connectivity index (χ2v) is 11.0. The van der Waals surface area contributed by atoms with Gasteiger partial charge in [-0.25, -0.2) is 0 Å². The van der Waals surface area contributed by atoms with Crippen LogP contribution >= 0.6 is 0 Å². The molecule has 3 aliphatic heterocycles. The van der Waals surface area contributed by atoms with E-state index in [-0.39, 0.29) is 29.1 Å². The molecule has 1 atom stereocenters. The average Bonchev–Trinajstić information content (AvgIpc) is 3.13. The maximum Gasteiger partial charge on any atom is 0.317 e. The third-order valence-corrected chi connectivity index (χ3v) is 8.73. The first-order valence-corrected chi connectivity index (χ1v) is 13.3. The van der Waals surface area contributed by atoms with Crippen molar-refractivity contribution in [3.05, 3.63) is 71.8 Å². The zero-order valence-corrected chi connectivity index (χ0v) is 22.3. The topological polar surface area (TPSA) is 43.4 Å². The number of ketones is 1. The molecular formula is C30H38BrNO3. The lowest BCUT2D eigenvalue weighted by molar-refractivity contribution is -0.939. The van der Waals surface area contributed by atoms with Crippen molar-refractivity contribution >= 4 is 11.8 Å². The second-order valence-electron chi connectivity index (χ2n) is 11.0. The molecule has 5 heteroatoms. The summed E-state index contributed by atoms with van der Waals surface area (Å²) < 4.78 is 7.23. The number of carbonyl (C=O) groups is 2. The molecule has 35 heavy (non-hydrogen) atoms. The largest absolute Gasteiger partial charge is 1.00 e. The number of hydrogen-bond donors (Lipinski definition) is 0. The van der Waals surface area contributed by atoms with Crippen LogP contribution in [0.3, 0.4) is 0 Å². The van der Waals surface area contributed by atoms with Crippen LogP contribution in [-0.2, 0) is 26.2 Å². The minimum absolute atomic E-state index is 0. The van der Waals surface area contributed by atoms with Gasteiger partial charge < -0.3 is 26.2 Å². The molecule has 0 spiro atoms. The van der Waals surface area contributed by atoms with E-state index >= 15 is 0 Å². The molecule has 0 N–H and O–H groups in total. The summed E-state index contributed by atoms with van der Waals surface area (Å²) in [4.78, 5) is 26.9. The van der Waals surface area contributed by atoms with Gasteiger partial charge in [0.15, 0.2) is 11.9 Å². The zero-order valence-electron chi connectivity index (χ0n) is 20.7. The Kier molecular flexibility index (Phi) is 8.49. The normalized spacial score (nSPS) is 27.3. The van der Waals surface area contributed by atoms with Crippen molar-refractivity contribution in [1.82, 2.24) is 0 Å². The van der Waals surface area contributed by atoms with Gasteiger partial charge >= 0.3 is 5.97 Å². The Morgan fingerprint density at radius 2 is 1.46 bits per heavy atom. The van der Waals surface area contributed by atoms with Gasteiger partial charge in [0.25, 0.3) is 0 Å². The van der Waals surface area contributed by atoms with Gasteiger partial charge in [-0.3, -0.25) is 9.59 Å². The van der Waals surface area contributed by atoms with Gasteiger partial charge in [0.1, 0.15) is 13.1 Å². The van der Waals surface area contributed by atoms with E-state index in [4.69, 9.17) is 4.74 Å². The Morgan fingerprint density at radius 3 is 2.09 bits per heavy atom. The average molecular weight is 541 g/mol. The third-order valence-electron chi connectivity index (χ3n) is 8.73. The maximum absolute atomic E-state index is 13.9. The monoisotopic (exact) mass is 539 g/mol. The molecule has 0 radical (unpaired) electrons. The quantitative estimate of drug-likeness (QED) is 0.308. The first kappa shape index (κ1) is 26.1. The number of piperidine rings is 3. The highest BCUT2D eigenvalue weighted by Crippen LogP contribution is 2.42. The van der Waals surface area contributed by atoms with Crippen molar-refractivity contribution in [2.24, 2.45) is 5.92 Å². The molecule has 4 nitrogen and oxygen atoms in total. The third kappa shape index (κ3) is 5.72. The molecular weight excluding hydrogens is 502 g/mol. The Labute approximate surface area is 220 Å². The number of hydrogen-bond acceptors (Lipinski definition) is 3. The predicted octanol–water partition coefficient (Wildman–Crippen LogP) is 2.25. The molecule has 1 saturated carbocycles. The molecule has 0 unspecified atom stereocenters. The zero-order chi connectivity index (χ0) is 23.4. The number of carbonyl (C=O) groups excluding carboxylic acids is 2. The fourth-order valence-electron chi connectivity index (χ4n) is 6.78. The molecule has 2 bridgehead atoms. The van der Waals surface area contributed by atoms with Crippen molar-refractivity contribution in [2.45, 2.75) is 69.3 Å². The standard InChI is InChI=1S/C30H38NO3.BrH/c32-27(21-24-11-5-3-6-12-24)22-31-19-15-25(16-20-31)28(23-31)34-29(33)30(17-9-1-2-10-18-30)26-13-7-4-8-14-26;/h3-8,11-14,25,28H,1-2,9-10,15-23H2;1H/q+1;/p-1/t25?,28-,31?;/m0./s1. The fraction of sp³-hybridized carbons (Fsp3) is 0.533. The summed E-state index contributed by atoms with van der Waals surface area (Å²) in [5.41, 5.74) is 1.68. The highest BCUT2D eigenvalue weighted by molar-refractivity contribution is 5.83. The van der Waals surface area contributed by atoms with Crippen LogP contribution in [0.2, 0.25) is 0 Å². The van der Waals surface area contributed by atoms with Crippen molar-refractivity contribution in [2.75, 3.05) is 26.2 Å². The molecule has 2 aromatic rings. The summed E-state index contributed by atoms with van der Waals surface area (Å²) in [6.45, 7) is 3.41. The van der Waals surface area contributed by atoms with Gasteiger partial charge in [-0.2, -0.15) is 0 Å². The smallest absolute Gasteiger partial charge is 0.317 e. The van der Waals surface area contributed by atoms with Crippen molar-refractivity contribution in [1.29, 1.82) is 0 Å². The minimum Gasteiger partial charge on any atom is -1.00 e. The van der Waals surface area contributed by atoms with Crippen molar-refractivity contribution in [3.63, 3.8) is 0 Å². The van der Waals surface area contributed by atoms with Crippen molar-refractivity contribution in [3.8, 4) is 0 Å². The summed E-state index contributed by atoms with van der Waals surface area (Å²) in [5, 5.41) is 0. The van der Waals surface area contributed by atoms with Crippen LogP contribution in [0.1, 0.15) is 62.5 Å². The first-order valence-electron chi connectivity index (χ1n) is 13.3. The number of Topliss-reactive ketones (excluding diaryl/α,β-unsaturated/α-hetero) is 1. The molecule has 4 fully saturated rings. The number of esters is 1. The maximum atomic E-state index is 13.9. The Morgan fingerprint density at radius 1 is 0.857 bits per heavy atom. The van der Waals surface area contributed by atoms with Gasteiger partial charge in [0.05, 0.1) is 18.5 Å². The molecule has 0 amide bonds. The number of halogens is 1. The molecule has 0 aromatic heterocycles. The van der Waals surface area contributed by atoms with Gasteiger partial charge in [-0.15, -0.1) is 0 Å². The highest BCUT2D eigenvalue weighted by Gasteiger charge is 2.50. The summed E-state index contributed by atoms with van der Waals surface area (Å²) in [6, 6.07) is 20.4. The van der Waals surface area contributed by atoms with Gasteiger partial charge in [0.2, 0.25) is 0 Å². The van der Waals surface area contributed by atoms with E-state index in [9.17, 15) is 9.59 Å². The number of fused-ring (bicyclic) bond motifs is 3. The number of ether oxygens (including phenoxy) is 1. The molecule has 4 aliphatic rings. The van der Waals surface area contributed by atoms with Crippen LogP contribution in [0.25, 0.3) is 0 Å². The van der Waals surface area contributed by atoms with Crippen LogP contribution in [0, 0.1) is 5.92 Å². The SMILES string of the molecule is O=C(Cc1ccccc1)C[N+]12CCC(CC1)[C@@H](OC(=O)C1(c3ccccc3)CCCCCC1)C2.[Br-]. The van der Waals surface area contributed by atoms with E-state index in [1.165, 1.54) is 12.8 Å². The molecule has 188 valence electrons. The number of nitrogens with zero attached hydrogens (tertiary/aromatic N) is 1. The van der Waals surface area contributed by atoms with Crippen LogP contribution in [0.4, 0.5) is 0 Å². The van der Waals surface area contributed by atoms with Crippen LogP contribution in [-0.4, -0.2) is 48.5 Å². The fourth-order valence-corrected chi connectivity index (χ4v) is 6.78. The first-order chi connectivity index (χ1) is 16.6. The van der Waals surface area contributed by atoms with E-state index < -0.39 is 5.41 Å². The Bertz CT molecular complexity index is 977. The molecule has 3 saturated heterocycles. The highest BCUT2D eigenvalue weighted by atomic mass is 79.9. The number of benzene rings is 2. The van der Waals surface area contributed by atoms with Gasteiger partial charge in [0, 0.05) is 25.2 Å². The molecule has 6 rings (SSSR count). The summed E-state index contributed by atoms with van der Waals surface area (Å²) in [6.07, 6.45) is 8.82. The predicted molar refractivity (Wildman–Crippen MR) is 133 cm³/mol.